The summed E-state index contributed by atoms with van der Waals surface area (Å²) < 4.78 is 2.31. The van der Waals surface area contributed by atoms with Gasteiger partial charge in [-0.3, -0.25) is 9.69 Å². The number of piperidine rings is 1. The van der Waals surface area contributed by atoms with E-state index in [1.54, 1.807) is 0 Å². The molecule has 1 aromatic heterocycles. The Morgan fingerprint density at radius 3 is 2.83 bits per heavy atom. The van der Waals surface area contributed by atoms with Crippen molar-refractivity contribution < 1.29 is 4.79 Å². The number of aromatic nitrogens is 2. The number of carbonyl (C=O) groups excluding carboxylic acids is 1. The Balaban J connectivity index is 1.69. The van der Waals surface area contributed by atoms with Gasteiger partial charge in [-0.15, -0.1) is 0 Å². The lowest BCUT2D eigenvalue weighted by Gasteiger charge is -2.37. The first-order valence-corrected chi connectivity index (χ1v) is 9.67. The van der Waals surface area contributed by atoms with E-state index >= 15 is 0 Å². The highest BCUT2D eigenvalue weighted by Crippen LogP contribution is 2.28. The minimum absolute atomic E-state index is 0.121. The number of hydrogen-bond acceptors (Lipinski definition) is 3. The van der Waals surface area contributed by atoms with E-state index in [4.69, 9.17) is 0 Å². The van der Waals surface area contributed by atoms with Gasteiger partial charge < -0.3 is 9.47 Å². The van der Waals surface area contributed by atoms with Crippen LogP contribution in [0.4, 0.5) is 0 Å². The van der Waals surface area contributed by atoms with E-state index < -0.39 is 0 Å². The van der Waals surface area contributed by atoms with Crippen molar-refractivity contribution in [1.29, 1.82) is 0 Å². The molecule has 0 aliphatic carbocycles. The fourth-order valence-electron chi connectivity index (χ4n) is 4.33. The van der Waals surface area contributed by atoms with Gasteiger partial charge in [0.15, 0.2) is 0 Å². The molecule has 0 saturated carbocycles. The van der Waals surface area contributed by atoms with Crippen LogP contribution in [-0.2, 0) is 4.79 Å². The molecular weight excluding hydrogens is 300 g/mol. The summed E-state index contributed by atoms with van der Waals surface area (Å²) in [5.41, 5.74) is 0. The van der Waals surface area contributed by atoms with Crippen molar-refractivity contribution in [2.45, 2.75) is 70.9 Å². The van der Waals surface area contributed by atoms with E-state index in [2.05, 4.69) is 46.3 Å². The maximum Gasteiger partial charge on any atom is 0.239 e. The predicted molar refractivity (Wildman–Crippen MR) is 96.1 cm³/mol. The summed E-state index contributed by atoms with van der Waals surface area (Å²) in [6.45, 7) is 10.5. The van der Waals surface area contributed by atoms with E-state index in [1.165, 1.54) is 0 Å². The second-order valence-corrected chi connectivity index (χ2v) is 7.62. The Morgan fingerprint density at radius 2 is 2.08 bits per heavy atom. The highest BCUT2D eigenvalue weighted by Gasteiger charge is 2.35. The first-order chi connectivity index (χ1) is 11.6. The quantitative estimate of drug-likeness (QED) is 0.832. The number of rotatable bonds is 5. The highest BCUT2D eigenvalue weighted by atomic mass is 16.2. The van der Waals surface area contributed by atoms with Crippen molar-refractivity contribution in [1.82, 2.24) is 19.4 Å². The maximum atomic E-state index is 13.1. The van der Waals surface area contributed by atoms with Gasteiger partial charge in [-0.05, 0) is 45.2 Å². The number of amides is 1. The number of hydrogen-bond donors (Lipinski definition) is 0. The van der Waals surface area contributed by atoms with Gasteiger partial charge >= 0.3 is 0 Å². The largest absolute Gasteiger partial charge is 0.339 e. The fourth-order valence-corrected chi connectivity index (χ4v) is 4.33. The Labute approximate surface area is 146 Å². The third-order valence-electron chi connectivity index (χ3n) is 5.48. The van der Waals surface area contributed by atoms with Crippen molar-refractivity contribution in [2.75, 3.05) is 26.2 Å². The van der Waals surface area contributed by atoms with E-state index in [0.717, 1.165) is 64.1 Å². The van der Waals surface area contributed by atoms with E-state index in [-0.39, 0.29) is 6.04 Å². The van der Waals surface area contributed by atoms with Gasteiger partial charge in [-0.25, -0.2) is 4.98 Å². The predicted octanol–water partition coefficient (Wildman–Crippen LogP) is 3.04. The molecule has 5 heteroatoms. The molecule has 5 nitrogen and oxygen atoms in total. The Bertz CT molecular complexity index is 553. The molecular formula is C19H32N4O. The maximum absolute atomic E-state index is 13.1. The van der Waals surface area contributed by atoms with Gasteiger partial charge in [-0.1, -0.05) is 20.8 Å². The average molecular weight is 332 g/mol. The fraction of sp³-hybridized carbons (Fsp3) is 0.789. The van der Waals surface area contributed by atoms with Gasteiger partial charge in [0.2, 0.25) is 5.91 Å². The van der Waals surface area contributed by atoms with Crippen LogP contribution in [0.25, 0.3) is 0 Å². The molecule has 3 heterocycles. The zero-order valence-corrected chi connectivity index (χ0v) is 15.4. The molecule has 0 bridgehead atoms. The molecule has 3 rings (SSSR count). The molecule has 0 aromatic carbocycles. The highest BCUT2D eigenvalue weighted by molar-refractivity contribution is 5.82. The van der Waals surface area contributed by atoms with Gasteiger partial charge in [0.1, 0.15) is 5.82 Å². The number of likely N-dealkylation sites (tertiary alicyclic amines) is 2. The molecule has 2 aliphatic heterocycles. The zero-order chi connectivity index (χ0) is 17.1. The lowest BCUT2D eigenvalue weighted by Crippen LogP contribution is -2.49. The van der Waals surface area contributed by atoms with Crippen LogP contribution in [0.5, 0.6) is 0 Å². The van der Waals surface area contributed by atoms with Gasteiger partial charge in [0.25, 0.3) is 0 Å². The molecule has 1 aromatic rings. The molecule has 24 heavy (non-hydrogen) atoms. The average Bonchev–Trinajstić information content (AvgIpc) is 3.24. The van der Waals surface area contributed by atoms with E-state index in [0.29, 0.717) is 17.9 Å². The molecule has 0 radical (unpaired) electrons. The van der Waals surface area contributed by atoms with Crippen molar-refractivity contribution in [3.63, 3.8) is 0 Å². The summed E-state index contributed by atoms with van der Waals surface area (Å²) >= 11 is 0. The summed E-state index contributed by atoms with van der Waals surface area (Å²) in [6, 6.07) is 0.500. The Morgan fingerprint density at radius 1 is 1.29 bits per heavy atom. The molecule has 0 spiro atoms. The molecule has 2 unspecified atom stereocenters. The lowest BCUT2D eigenvalue weighted by atomic mass is 10.0. The van der Waals surface area contributed by atoms with Crippen LogP contribution in [0.1, 0.15) is 70.7 Å². The normalized spacial score (nSPS) is 25.6. The molecule has 1 amide bonds. The second kappa shape index (κ2) is 7.68. The summed E-state index contributed by atoms with van der Waals surface area (Å²) in [5.74, 6) is 1.92. The number of carbonyl (C=O) groups is 1. The smallest absolute Gasteiger partial charge is 0.239 e. The molecule has 2 aliphatic rings. The monoisotopic (exact) mass is 332 g/mol. The molecule has 2 fully saturated rings. The van der Waals surface area contributed by atoms with Crippen molar-refractivity contribution in [3.05, 3.63) is 18.2 Å². The summed E-state index contributed by atoms with van der Waals surface area (Å²) in [5, 5.41) is 0. The van der Waals surface area contributed by atoms with Crippen LogP contribution >= 0.6 is 0 Å². The topological polar surface area (TPSA) is 41.4 Å². The van der Waals surface area contributed by atoms with Crippen LogP contribution in [-0.4, -0.2) is 57.5 Å². The minimum atomic E-state index is 0.121. The minimum Gasteiger partial charge on any atom is -0.339 e. The van der Waals surface area contributed by atoms with Crippen LogP contribution in [0.2, 0.25) is 0 Å². The van der Waals surface area contributed by atoms with Crippen LogP contribution in [0.15, 0.2) is 12.4 Å². The van der Waals surface area contributed by atoms with Gasteiger partial charge in [0.05, 0.1) is 12.1 Å². The first-order valence-electron chi connectivity index (χ1n) is 9.67. The van der Waals surface area contributed by atoms with Crippen molar-refractivity contribution in [2.24, 2.45) is 0 Å². The molecule has 2 saturated heterocycles. The summed E-state index contributed by atoms with van der Waals surface area (Å²) in [7, 11) is 0. The SMILES string of the molecule is CCCN1CCCC1C(=O)N1CCCC(n2ccnc2C(C)C)C1. The van der Waals surface area contributed by atoms with Crippen molar-refractivity contribution in [3.8, 4) is 0 Å². The molecule has 2 atom stereocenters. The second-order valence-electron chi connectivity index (χ2n) is 7.62. The van der Waals surface area contributed by atoms with Crippen molar-refractivity contribution >= 4 is 5.91 Å². The Hall–Kier alpha value is -1.36. The molecule has 134 valence electrons. The third-order valence-corrected chi connectivity index (χ3v) is 5.48. The van der Waals surface area contributed by atoms with E-state index in [9.17, 15) is 4.79 Å². The zero-order valence-electron chi connectivity index (χ0n) is 15.4. The van der Waals surface area contributed by atoms with Crippen LogP contribution in [0, 0.1) is 0 Å². The Kier molecular flexibility index (Phi) is 5.59. The molecule has 0 N–H and O–H groups in total. The van der Waals surface area contributed by atoms with Gasteiger partial charge in [-0.2, -0.15) is 0 Å². The summed E-state index contributed by atoms with van der Waals surface area (Å²) in [6.07, 6.45) is 9.53. The van der Waals surface area contributed by atoms with Gasteiger partial charge in [0, 0.05) is 31.4 Å². The summed E-state index contributed by atoms with van der Waals surface area (Å²) in [4.78, 5) is 22.1. The van der Waals surface area contributed by atoms with Crippen LogP contribution < -0.4 is 0 Å². The number of nitrogens with zero attached hydrogens (tertiary/aromatic N) is 4. The standard InChI is InChI=1S/C19H32N4O/c1-4-10-21-11-6-8-17(21)19(24)22-12-5-7-16(14-22)23-13-9-20-18(23)15(2)3/h9,13,15-17H,4-8,10-12,14H2,1-3H3. The first kappa shape index (κ1) is 17.5. The lowest BCUT2D eigenvalue weighted by molar-refractivity contribution is -0.137. The van der Waals surface area contributed by atoms with Crippen LogP contribution in [0.3, 0.4) is 0 Å². The third kappa shape index (κ3) is 3.51. The number of imidazole rings is 1. The van der Waals surface area contributed by atoms with E-state index in [1.807, 2.05) is 6.20 Å².